The van der Waals surface area contributed by atoms with Crippen LogP contribution in [0.2, 0.25) is 0 Å². The van der Waals surface area contributed by atoms with Gasteiger partial charge in [-0.3, -0.25) is 4.99 Å². The molecule has 0 fully saturated rings. The molecule has 0 unspecified atom stereocenters. The predicted molar refractivity (Wildman–Crippen MR) is 110 cm³/mol. The summed E-state index contributed by atoms with van der Waals surface area (Å²) in [6.07, 6.45) is 7.88. The summed E-state index contributed by atoms with van der Waals surface area (Å²) in [4.78, 5) is 4.67. The van der Waals surface area contributed by atoms with Crippen molar-refractivity contribution in [3.63, 3.8) is 0 Å². The van der Waals surface area contributed by atoms with Crippen molar-refractivity contribution >= 4 is 5.96 Å². The molecule has 0 spiro atoms. The summed E-state index contributed by atoms with van der Waals surface area (Å²) in [5, 5.41) is 15.4. The van der Waals surface area contributed by atoms with Crippen molar-refractivity contribution < 1.29 is 4.74 Å². The van der Waals surface area contributed by atoms with Gasteiger partial charge in [-0.2, -0.15) is 0 Å². The lowest BCUT2D eigenvalue weighted by atomic mass is 10.1. The van der Waals surface area contributed by atoms with Gasteiger partial charge in [-0.1, -0.05) is 20.3 Å². The van der Waals surface area contributed by atoms with Gasteiger partial charge in [0.2, 0.25) is 0 Å². The number of guanidine groups is 1. The SMILES string of the molecule is CCNC(=NCCCc1nnc2n1CCCCC2)NCCOCCC(C)C. The number of hydrogen-bond acceptors (Lipinski definition) is 4. The highest BCUT2D eigenvalue weighted by Crippen LogP contribution is 2.15. The summed E-state index contributed by atoms with van der Waals surface area (Å²) in [6.45, 7) is 11.6. The first-order valence-electron chi connectivity index (χ1n) is 10.7. The van der Waals surface area contributed by atoms with Crippen molar-refractivity contribution in [2.24, 2.45) is 10.9 Å². The van der Waals surface area contributed by atoms with Crippen molar-refractivity contribution in [3.8, 4) is 0 Å². The number of hydrogen-bond donors (Lipinski definition) is 2. The molecule has 7 heteroatoms. The van der Waals surface area contributed by atoms with E-state index < -0.39 is 0 Å². The standard InChI is InChI=1S/C20H38N6O/c1-4-21-20(23-13-16-27-15-11-17(2)3)22-12-8-10-19-25-24-18-9-6-5-7-14-26(18)19/h17H,4-16H2,1-3H3,(H2,21,22,23). The molecule has 0 amide bonds. The van der Waals surface area contributed by atoms with Gasteiger partial charge in [0, 0.05) is 45.6 Å². The molecular weight excluding hydrogens is 340 g/mol. The Kier molecular flexibility index (Phi) is 10.2. The number of ether oxygens (including phenoxy) is 1. The Morgan fingerprint density at radius 2 is 2.07 bits per heavy atom. The van der Waals surface area contributed by atoms with Gasteiger partial charge < -0.3 is 19.9 Å². The van der Waals surface area contributed by atoms with E-state index in [9.17, 15) is 0 Å². The maximum Gasteiger partial charge on any atom is 0.191 e. The van der Waals surface area contributed by atoms with Crippen LogP contribution in [0.25, 0.3) is 0 Å². The molecule has 1 aromatic heterocycles. The second-order valence-corrected chi connectivity index (χ2v) is 7.58. The molecule has 0 radical (unpaired) electrons. The van der Waals surface area contributed by atoms with Gasteiger partial charge in [-0.25, -0.2) is 0 Å². The van der Waals surface area contributed by atoms with Crippen LogP contribution >= 0.6 is 0 Å². The van der Waals surface area contributed by atoms with Crippen LogP contribution in [0.15, 0.2) is 4.99 Å². The van der Waals surface area contributed by atoms with E-state index in [1.54, 1.807) is 0 Å². The molecule has 154 valence electrons. The first kappa shape index (κ1) is 21.7. The van der Waals surface area contributed by atoms with Gasteiger partial charge >= 0.3 is 0 Å². The van der Waals surface area contributed by atoms with Gasteiger partial charge in [-0.05, 0) is 38.5 Å². The van der Waals surface area contributed by atoms with Crippen LogP contribution in [0.1, 0.15) is 64.5 Å². The molecule has 0 saturated heterocycles. The lowest BCUT2D eigenvalue weighted by Gasteiger charge is -2.12. The second-order valence-electron chi connectivity index (χ2n) is 7.58. The quantitative estimate of drug-likeness (QED) is 0.352. The smallest absolute Gasteiger partial charge is 0.191 e. The normalized spacial score (nSPS) is 14.9. The van der Waals surface area contributed by atoms with Crippen LogP contribution in [0.3, 0.4) is 0 Å². The molecule has 2 heterocycles. The summed E-state index contributed by atoms with van der Waals surface area (Å²) < 4.78 is 7.98. The van der Waals surface area contributed by atoms with Gasteiger partial charge in [0.1, 0.15) is 11.6 Å². The fourth-order valence-corrected chi connectivity index (χ4v) is 3.16. The van der Waals surface area contributed by atoms with Crippen LogP contribution in [-0.4, -0.2) is 53.6 Å². The minimum Gasteiger partial charge on any atom is -0.380 e. The lowest BCUT2D eigenvalue weighted by Crippen LogP contribution is -2.39. The molecule has 0 aliphatic carbocycles. The van der Waals surface area contributed by atoms with Crippen LogP contribution in [-0.2, 0) is 24.1 Å². The molecule has 0 bridgehead atoms. The monoisotopic (exact) mass is 378 g/mol. The minimum absolute atomic E-state index is 0.692. The third kappa shape index (κ3) is 8.28. The fourth-order valence-electron chi connectivity index (χ4n) is 3.16. The molecular formula is C20H38N6O. The Morgan fingerprint density at radius 3 is 2.89 bits per heavy atom. The largest absolute Gasteiger partial charge is 0.380 e. The van der Waals surface area contributed by atoms with Crippen molar-refractivity contribution in [2.45, 2.75) is 72.3 Å². The van der Waals surface area contributed by atoms with E-state index >= 15 is 0 Å². The zero-order chi connectivity index (χ0) is 19.3. The Morgan fingerprint density at radius 1 is 1.19 bits per heavy atom. The van der Waals surface area contributed by atoms with Gasteiger partial charge in [0.15, 0.2) is 5.96 Å². The highest BCUT2D eigenvalue weighted by Gasteiger charge is 2.13. The Labute approximate surface area is 164 Å². The summed E-state index contributed by atoms with van der Waals surface area (Å²) in [5.74, 6) is 3.85. The topological polar surface area (TPSA) is 76.4 Å². The molecule has 2 N–H and O–H groups in total. The van der Waals surface area contributed by atoms with Crippen LogP contribution < -0.4 is 10.6 Å². The van der Waals surface area contributed by atoms with E-state index in [1.165, 1.54) is 25.1 Å². The Balaban J connectivity index is 1.68. The molecule has 0 atom stereocenters. The van der Waals surface area contributed by atoms with E-state index in [2.05, 4.69) is 51.2 Å². The van der Waals surface area contributed by atoms with Crippen molar-refractivity contribution in [2.75, 3.05) is 32.8 Å². The second kappa shape index (κ2) is 12.7. The lowest BCUT2D eigenvalue weighted by molar-refractivity contribution is 0.128. The molecule has 0 aromatic carbocycles. The third-order valence-electron chi connectivity index (χ3n) is 4.74. The predicted octanol–water partition coefficient (Wildman–Crippen LogP) is 2.55. The molecule has 1 aliphatic heterocycles. The Bertz CT molecular complexity index is 555. The van der Waals surface area contributed by atoms with Gasteiger partial charge in [0.25, 0.3) is 0 Å². The Hall–Kier alpha value is -1.63. The third-order valence-corrected chi connectivity index (χ3v) is 4.74. The first-order chi connectivity index (χ1) is 13.2. The first-order valence-corrected chi connectivity index (χ1v) is 10.7. The maximum atomic E-state index is 5.65. The zero-order valence-electron chi connectivity index (χ0n) is 17.5. The number of fused-ring (bicyclic) bond motifs is 1. The van der Waals surface area contributed by atoms with E-state index in [4.69, 9.17) is 4.74 Å². The minimum atomic E-state index is 0.692. The zero-order valence-corrected chi connectivity index (χ0v) is 17.5. The van der Waals surface area contributed by atoms with E-state index in [0.29, 0.717) is 12.5 Å². The summed E-state index contributed by atoms with van der Waals surface area (Å²) in [6, 6.07) is 0. The highest BCUT2D eigenvalue weighted by atomic mass is 16.5. The maximum absolute atomic E-state index is 5.65. The number of rotatable bonds is 11. The van der Waals surface area contributed by atoms with Crippen LogP contribution in [0, 0.1) is 5.92 Å². The molecule has 0 saturated carbocycles. The number of nitrogens with zero attached hydrogens (tertiary/aromatic N) is 4. The van der Waals surface area contributed by atoms with Gasteiger partial charge in [-0.15, -0.1) is 10.2 Å². The van der Waals surface area contributed by atoms with Crippen molar-refractivity contribution in [1.29, 1.82) is 0 Å². The van der Waals surface area contributed by atoms with Crippen LogP contribution in [0.4, 0.5) is 0 Å². The van der Waals surface area contributed by atoms with E-state index in [-0.39, 0.29) is 0 Å². The molecule has 1 aliphatic rings. The van der Waals surface area contributed by atoms with E-state index in [1.807, 2.05) is 0 Å². The number of aliphatic imine (C=N–C) groups is 1. The molecule has 1 aromatic rings. The molecule has 27 heavy (non-hydrogen) atoms. The summed E-state index contributed by atoms with van der Waals surface area (Å²) in [5.41, 5.74) is 0. The highest BCUT2D eigenvalue weighted by molar-refractivity contribution is 5.79. The van der Waals surface area contributed by atoms with Crippen molar-refractivity contribution in [3.05, 3.63) is 11.6 Å². The number of nitrogens with one attached hydrogen (secondary N) is 2. The van der Waals surface area contributed by atoms with Crippen LogP contribution in [0.5, 0.6) is 0 Å². The molecule has 2 rings (SSSR count). The average molecular weight is 379 g/mol. The summed E-state index contributed by atoms with van der Waals surface area (Å²) in [7, 11) is 0. The summed E-state index contributed by atoms with van der Waals surface area (Å²) >= 11 is 0. The van der Waals surface area contributed by atoms with Gasteiger partial charge in [0.05, 0.1) is 6.61 Å². The molecule has 7 nitrogen and oxygen atoms in total. The average Bonchev–Trinajstić information content (AvgIpc) is 2.87. The fraction of sp³-hybridized carbons (Fsp3) is 0.850. The number of aromatic nitrogens is 3. The van der Waals surface area contributed by atoms with Crippen molar-refractivity contribution in [1.82, 2.24) is 25.4 Å². The van der Waals surface area contributed by atoms with E-state index in [0.717, 1.165) is 70.3 Å². The number of aryl methyl sites for hydroxylation is 2.